The van der Waals surface area contributed by atoms with E-state index in [1.54, 1.807) is 0 Å². The summed E-state index contributed by atoms with van der Waals surface area (Å²) in [6.45, 7) is 4.77. The maximum absolute atomic E-state index is 3.73. The summed E-state index contributed by atoms with van der Waals surface area (Å²) in [4.78, 5) is 0. The Labute approximate surface area is 114 Å². The molecule has 0 amide bonds. The summed E-state index contributed by atoms with van der Waals surface area (Å²) in [5, 5.41) is 8.21. The zero-order valence-electron chi connectivity index (χ0n) is 10.9. The first-order valence-corrected chi connectivity index (χ1v) is 9.21. The van der Waals surface area contributed by atoms with E-state index in [1.165, 1.54) is 56.0 Å². The van der Waals surface area contributed by atoms with Crippen LogP contribution in [0.2, 0.25) is 0 Å². The van der Waals surface area contributed by atoms with Gasteiger partial charge in [0.2, 0.25) is 0 Å². The van der Waals surface area contributed by atoms with Crippen LogP contribution in [-0.4, -0.2) is 47.7 Å². The molecule has 0 spiro atoms. The number of hydrogen-bond donors (Lipinski definition) is 2. The van der Waals surface area contributed by atoms with Crippen molar-refractivity contribution in [2.24, 2.45) is 0 Å². The Morgan fingerprint density at radius 3 is 3.00 bits per heavy atom. The van der Waals surface area contributed by atoms with Crippen LogP contribution < -0.4 is 10.6 Å². The molecule has 2 aliphatic heterocycles. The highest BCUT2D eigenvalue weighted by molar-refractivity contribution is 8.06. The van der Waals surface area contributed by atoms with Crippen LogP contribution in [0.5, 0.6) is 0 Å². The maximum atomic E-state index is 3.73. The van der Waals surface area contributed by atoms with Crippen molar-refractivity contribution >= 4 is 23.5 Å². The maximum Gasteiger partial charge on any atom is 0.0263 e. The monoisotopic (exact) mass is 274 g/mol. The van der Waals surface area contributed by atoms with Crippen molar-refractivity contribution < 1.29 is 0 Å². The fourth-order valence-electron chi connectivity index (χ4n) is 2.62. The average Bonchev–Trinajstić information content (AvgIpc) is 2.39. The van der Waals surface area contributed by atoms with Crippen LogP contribution in [0.4, 0.5) is 0 Å². The topological polar surface area (TPSA) is 24.1 Å². The first-order valence-electron chi connectivity index (χ1n) is 7.00. The molecule has 0 aliphatic carbocycles. The van der Waals surface area contributed by atoms with Crippen LogP contribution in [0.3, 0.4) is 0 Å². The zero-order valence-corrected chi connectivity index (χ0v) is 12.5. The van der Waals surface area contributed by atoms with Gasteiger partial charge in [0, 0.05) is 41.1 Å². The Morgan fingerprint density at radius 2 is 2.29 bits per heavy atom. The molecule has 0 bridgehead atoms. The van der Waals surface area contributed by atoms with Crippen LogP contribution in [0.15, 0.2) is 0 Å². The van der Waals surface area contributed by atoms with E-state index >= 15 is 0 Å². The quantitative estimate of drug-likeness (QED) is 0.804. The first-order chi connectivity index (χ1) is 8.34. The van der Waals surface area contributed by atoms with Crippen molar-refractivity contribution in [3.63, 3.8) is 0 Å². The standard InChI is InChI=1S/C13H26N2S2/c1-11(8-12-4-2-3-5-14-12)15-9-13-10-16-6-7-17-13/h11-15H,2-10H2,1H3. The number of thioether (sulfide) groups is 2. The van der Waals surface area contributed by atoms with E-state index in [-0.39, 0.29) is 0 Å². The summed E-state index contributed by atoms with van der Waals surface area (Å²) in [7, 11) is 0. The Bertz CT molecular complexity index is 202. The number of piperidine rings is 1. The minimum absolute atomic E-state index is 0.665. The van der Waals surface area contributed by atoms with Gasteiger partial charge in [-0.3, -0.25) is 0 Å². The van der Waals surface area contributed by atoms with Gasteiger partial charge in [0.15, 0.2) is 0 Å². The molecule has 0 saturated carbocycles. The molecule has 100 valence electrons. The molecule has 2 rings (SSSR count). The fourth-order valence-corrected chi connectivity index (χ4v) is 5.25. The summed E-state index contributed by atoms with van der Waals surface area (Å²) >= 11 is 4.27. The summed E-state index contributed by atoms with van der Waals surface area (Å²) in [5.74, 6) is 4.03. The predicted molar refractivity (Wildman–Crippen MR) is 81.3 cm³/mol. The van der Waals surface area contributed by atoms with E-state index < -0.39 is 0 Å². The van der Waals surface area contributed by atoms with Gasteiger partial charge in [-0.2, -0.15) is 23.5 Å². The Hall–Kier alpha value is 0.620. The molecule has 2 fully saturated rings. The molecule has 0 aromatic carbocycles. The number of hydrogen-bond acceptors (Lipinski definition) is 4. The summed E-state index contributed by atoms with van der Waals surface area (Å²) in [6.07, 6.45) is 5.46. The molecule has 0 aromatic rings. The minimum Gasteiger partial charge on any atom is -0.314 e. The molecule has 4 heteroatoms. The van der Waals surface area contributed by atoms with Gasteiger partial charge in [0.1, 0.15) is 0 Å². The van der Waals surface area contributed by atoms with Gasteiger partial charge >= 0.3 is 0 Å². The van der Waals surface area contributed by atoms with Crippen LogP contribution in [0.1, 0.15) is 32.6 Å². The molecule has 2 saturated heterocycles. The highest BCUT2D eigenvalue weighted by atomic mass is 32.2. The third-order valence-corrected chi connectivity index (χ3v) is 6.47. The third-order valence-electron chi connectivity index (χ3n) is 3.63. The van der Waals surface area contributed by atoms with E-state index in [1.807, 2.05) is 0 Å². The number of rotatable bonds is 5. The number of nitrogens with one attached hydrogen (secondary N) is 2. The van der Waals surface area contributed by atoms with Crippen molar-refractivity contribution in [2.75, 3.05) is 30.3 Å². The van der Waals surface area contributed by atoms with Crippen molar-refractivity contribution in [2.45, 2.75) is 49.9 Å². The van der Waals surface area contributed by atoms with E-state index in [4.69, 9.17) is 0 Å². The van der Waals surface area contributed by atoms with E-state index in [0.717, 1.165) is 11.3 Å². The minimum atomic E-state index is 0.665. The normalized spacial score (nSPS) is 32.3. The third kappa shape index (κ3) is 5.41. The lowest BCUT2D eigenvalue weighted by molar-refractivity contribution is 0.346. The van der Waals surface area contributed by atoms with Gasteiger partial charge in [0.05, 0.1) is 0 Å². The van der Waals surface area contributed by atoms with Crippen LogP contribution >= 0.6 is 23.5 Å². The second kappa shape index (κ2) is 7.93. The molecule has 2 nitrogen and oxygen atoms in total. The lowest BCUT2D eigenvalue weighted by atomic mass is 9.99. The molecule has 2 N–H and O–H groups in total. The highest BCUT2D eigenvalue weighted by Crippen LogP contribution is 2.23. The second-order valence-electron chi connectivity index (χ2n) is 5.26. The largest absolute Gasteiger partial charge is 0.314 e. The van der Waals surface area contributed by atoms with Crippen molar-refractivity contribution in [3.8, 4) is 0 Å². The molecular formula is C13H26N2S2. The van der Waals surface area contributed by atoms with Gasteiger partial charge in [-0.15, -0.1) is 0 Å². The fraction of sp³-hybridized carbons (Fsp3) is 1.00. The molecule has 0 radical (unpaired) electrons. The SMILES string of the molecule is CC(CC1CCCCN1)NCC1CSCCS1. The van der Waals surface area contributed by atoms with E-state index in [9.17, 15) is 0 Å². The van der Waals surface area contributed by atoms with Crippen LogP contribution in [0.25, 0.3) is 0 Å². The molecular weight excluding hydrogens is 248 g/mol. The lowest BCUT2D eigenvalue weighted by Gasteiger charge is -2.28. The molecule has 0 aromatic heterocycles. The van der Waals surface area contributed by atoms with Crippen molar-refractivity contribution in [1.82, 2.24) is 10.6 Å². The molecule has 2 aliphatic rings. The van der Waals surface area contributed by atoms with Gasteiger partial charge in [0.25, 0.3) is 0 Å². The van der Waals surface area contributed by atoms with E-state index in [2.05, 4.69) is 41.1 Å². The molecule has 3 atom stereocenters. The second-order valence-corrected chi connectivity index (χ2v) is 7.82. The van der Waals surface area contributed by atoms with Crippen LogP contribution in [-0.2, 0) is 0 Å². The zero-order chi connectivity index (χ0) is 11.9. The van der Waals surface area contributed by atoms with Gasteiger partial charge < -0.3 is 10.6 Å². The summed E-state index contributed by atoms with van der Waals surface area (Å²) < 4.78 is 0. The van der Waals surface area contributed by atoms with E-state index in [0.29, 0.717) is 6.04 Å². The van der Waals surface area contributed by atoms with Gasteiger partial charge in [-0.05, 0) is 32.7 Å². The smallest absolute Gasteiger partial charge is 0.0263 e. The van der Waals surface area contributed by atoms with Crippen molar-refractivity contribution in [3.05, 3.63) is 0 Å². The van der Waals surface area contributed by atoms with Gasteiger partial charge in [-0.25, -0.2) is 0 Å². The lowest BCUT2D eigenvalue weighted by Crippen LogP contribution is -2.42. The average molecular weight is 274 g/mol. The first kappa shape index (κ1) is 14.0. The molecule has 2 heterocycles. The van der Waals surface area contributed by atoms with Crippen LogP contribution in [0, 0.1) is 0 Å². The summed E-state index contributed by atoms with van der Waals surface area (Å²) in [5.41, 5.74) is 0. The Morgan fingerprint density at radius 1 is 1.35 bits per heavy atom. The highest BCUT2D eigenvalue weighted by Gasteiger charge is 2.18. The Balaban J connectivity index is 1.57. The molecule has 3 unspecified atom stereocenters. The predicted octanol–water partition coefficient (Wildman–Crippen LogP) is 2.35. The van der Waals surface area contributed by atoms with Gasteiger partial charge in [-0.1, -0.05) is 6.42 Å². The Kier molecular flexibility index (Phi) is 6.54. The molecule has 17 heavy (non-hydrogen) atoms. The van der Waals surface area contributed by atoms with Crippen molar-refractivity contribution in [1.29, 1.82) is 0 Å². The summed E-state index contributed by atoms with van der Waals surface area (Å²) in [6, 6.07) is 1.43.